The van der Waals surface area contributed by atoms with Crippen molar-refractivity contribution in [2.75, 3.05) is 29.9 Å². The number of primary amides is 1. The standard InChI is InChI=1S/C34H31ClFN9O4/c1-42-16-19(14-39-42)17-43-10-11-44(18-28(43)34(48)49)29-13-26(27(35)15-38-29)33(47)40-22-6-2-20-3-9-24-30(32(37)46)41-45(31(24)25(20)12-22)23-7-4-21(36)5-8-23/h2,4-8,12-16,28H,3,9-11,17-18H2,1H3,(H2,37,46)(H,40,47)(H,48,49). The van der Waals surface area contributed by atoms with Crippen LogP contribution in [0.15, 0.2) is 67.1 Å². The molecule has 1 fully saturated rings. The van der Waals surface area contributed by atoms with Gasteiger partial charge in [-0.15, -0.1) is 0 Å². The molecule has 2 amide bonds. The molecule has 0 bridgehead atoms. The number of aliphatic carboxylic acids is 1. The molecule has 0 radical (unpaired) electrons. The molecule has 5 aromatic rings. The molecule has 15 heteroatoms. The van der Waals surface area contributed by atoms with Gasteiger partial charge in [-0.25, -0.2) is 14.1 Å². The van der Waals surface area contributed by atoms with Gasteiger partial charge in [0.15, 0.2) is 5.69 Å². The molecule has 4 heterocycles. The maximum atomic E-state index is 13.7. The maximum Gasteiger partial charge on any atom is 0.322 e. The monoisotopic (exact) mass is 683 g/mol. The average Bonchev–Trinajstić information content (AvgIpc) is 3.69. The largest absolute Gasteiger partial charge is 0.480 e. The highest BCUT2D eigenvalue weighted by Crippen LogP contribution is 2.38. The maximum absolute atomic E-state index is 13.7. The van der Waals surface area contributed by atoms with E-state index in [-0.39, 0.29) is 22.8 Å². The fourth-order valence-corrected chi connectivity index (χ4v) is 6.69. The molecule has 1 aliphatic carbocycles. The van der Waals surface area contributed by atoms with Gasteiger partial charge in [-0.2, -0.15) is 10.2 Å². The molecule has 1 aliphatic heterocycles. The smallest absolute Gasteiger partial charge is 0.322 e. The lowest BCUT2D eigenvalue weighted by atomic mass is 9.88. The van der Waals surface area contributed by atoms with Crippen LogP contribution in [0, 0.1) is 5.82 Å². The van der Waals surface area contributed by atoms with Crippen molar-refractivity contribution < 1.29 is 23.9 Å². The van der Waals surface area contributed by atoms with Gasteiger partial charge < -0.3 is 21.1 Å². The Balaban J connectivity index is 1.14. The third-order valence-electron chi connectivity index (χ3n) is 8.89. The summed E-state index contributed by atoms with van der Waals surface area (Å²) in [7, 11) is 1.81. The number of benzene rings is 2. The molecule has 3 aromatic heterocycles. The Kier molecular flexibility index (Phi) is 8.34. The highest BCUT2D eigenvalue weighted by Gasteiger charge is 2.34. The second-order valence-corrected chi connectivity index (χ2v) is 12.5. The van der Waals surface area contributed by atoms with Crippen molar-refractivity contribution >= 4 is 40.9 Å². The van der Waals surface area contributed by atoms with Gasteiger partial charge in [0.2, 0.25) is 0 Å². The van der Waals surface area contributed by atoms with Crippen LogP contribution in [0.2, 0.25) is 5.02 Å². The number of piperazine rings is 1. The van der Waals surface area contributed by atoms with E-state index < -0.39 is 29.6 Å². The normalized spacial score (nSPS) is 15.8. The molecule has 0 saturated carbocycles. The first-order chi connectivity index (χ1) is 23.5. The highest BCUT2D eigenvalue weighted by molar-refractivity contribution is 6.34. The number of amides is 2. The Morgan fingerprint density at radius 1 is 1.08 bits per heavy atom. The predicted octanol–water partition coefficient (Wildman–Crippen LogP) is 3.69. The van der Waals surface area contributed by atoms with Gasteiger partial charge in [0, 0.05) is 68.0 Å². The molecule has 4 N–H and O–H groups in total. The summed E-state index contributed by atoms with van der Waals surface area (Å²) < 4.78 is 17.0. The van der Waals surface area contributed by atoms with Gasteiger partial charge in [-0.3, -0.25) is 24.0 Å². The van der Waals surface area contributed by atoms with E-state index in [2.05, 4.69) is 20.5 Å². The first-order valence-corrected chi connectivity index (χ1v) is 15.9. The molecular weight excluding hydrogens is 653 g/mol. The van der Waals surface area contributed by atoms with Crippen LogP contribution >= 0.6 is 11.6 Å². The zero-order chi connectivity index (χ0) is 34.4. The minimum absolute atomic E-state index is 0.131. The Labute approximate surface area is 284 Å². The molecule has 13 nitrogen and oxygen atoms in total. The quantitative estimate of drug-likeness (QED) is 0.221. The SMILES string of the molecule is Cn1cc(CN2CCN(c3cc(C(=O)Nc4ccc5c(c4)-c4c(c(C(N)=O)nn4-c4ccc(F)cc4)CC5)c(Cl)cn3)CC2C(=O)O)cn1. The van der Waals surface area contributed by atoms with Crippen molar-refractivity contribution in [3.8, 4) is 16.9 Å². The number of carbonyl (C=O) groups excluding carboxylic acids is 2. The molecule has 0 spiro atoms. The highest BCUT2D eigenvalue weighted by atomic mass is 35.5. The second kappa shape index (κ2) is 12.8. The third kappa shape index (κ3) is 6.23. The fourth-order valence-electron chi connectivity index (χ4n) is 6.50. The Morgan fingerprint density at radius 2 is 1.88 bits per heavy atom. The summed E-state index contributed by atoms with van der Waals surface area (Å²) in [4.78, 5) is 46.4. The van der Waals surface area contributed by atoms with Crippen LogP contribution in [-0.2, 0) is 31.2 Å². The van der Waals surface area contributed by atoms with E-state index in [9.17, 15) is 23.9 Å². The van der Waals surface area contributed by atoms with E-state index in [1.54, 1.807) is 45.9 Å². The summed E-state index contributed by atoms with van der Waals surface area (Å²) in [6.07, 6.45) is 6.12. The zero-order valence-electron chi connectivity index (χ0n) is 26.3. The topological polar surface area (TPSA) is 164 Å². The van der Waals surface area contributed by atoms with Crippen molar-refractivity contribution in [2.24, 2.45) is 12.8 Å². The number of nitrogens with two attached hydrogens (primary N) is 1. The van der Waals surface area contributed by atoms with Crippen molar-refractivity contribution in [1.29, 1.82) is 0 Å². The number of carbonyl (C=O) groups is 3. The van der Waals surface area contributed by atoms with Crippen LogP contribution in [0.25, 0.3) is 16.9 Å². The number of carboxylic acids is 1. The molecule has 7 rings (SSSR count). The van der Waals surface area contributed by atoms with Crippen LogP contribution in [0.4, 0.5) is 15.9 Å². The van der Waals surface area contributed by atoms with E-state index in [0.29, 0.717) is 60.9 Å². The van der Waals surface area contributed by atoms with Gasteiger partial charge in [0.25, 0.3) is 11.8 Å². The Bertz CT molecular complexity index is 2110. The van der Waals surface area contributed by atoms with Crippen LogP contribution in [-0.4, -0.2) is 78.0 Å². The summed E-state index contributed by atoms with van der Waals surface area (Å²) in [5.41, 5.74) is 11.0. The number of nitrogens with zero attached hydrogens (tertiary/aromatic N) is 7. The van der Waals surface area contributed by atoms with E-state index in [0.717, 1.165) is 16.7 Å². The van der Waals surface area contributed by atoms with Gasteiger partial charge in [-0.1, -0.05) is 17.7 Å². The molecule has 1 unspecified atom stereocenters. The third-order valence-corrected chi connectivity index (χ3v) is 9.19. The van der Waals surface area contributed by atoms with Crippen molar-refractivity contribution in [2.45, 2.75) is 25.4 Å². The number of pyridine rings is 1. The van der Waals surface area contributed by atoms with Crippen LogP contribution in [0.1, 0.15) is 37.5 Å². The summed E-state index contributed by atoms with van der Waals surface area (Å²) in [6.45, 7) is 1.55. The molecule has 2 aromatic carbocycles. The van der Waals surface area contributed by atoms with Gasteiger partial charge >= 0.3 is 5.97 Å². The molecular formula is C34H31ClFN9O4. The first-order valence-electron chi connectivity index (χ1n) is 15.5. The number of carboxylic acid groups (broad SMARTS) is 1. The number of halogens is 2. The Hall–Kier alpha value is -5.60. The number of aromatic nitrogens is 5. The number of fused-ring (bicyclic) bond motifs is 3. The van der Waals surface area contributed by atoms with E-state index in [1.807, 2.05) is 29.1 Å². The van der Waals surface area contributed by atoms with Crippen LogP contribution < -0.4 is 16.0 Å². The van der Waals surface area contributed by atoms with E-state index >= 15 is 0 Å². The molecule has 2 aliphatic rings. The van der Waals surface area contributed by atoms with Crippen LogP contribution in [0.5, 0.6) is 0 Å². The summed E-state index contributed by atoms with van der Waals surface area (Å²) in [5, 5.41) is 21.8. The van der Waals surface area contributed by atoms with E-state index in [1.165, 1.54) is 18.3 Å². The summed E-state index contributed by atoms with van der Waals surface area (Å²) in [6, 6.07) is 12.0. The van der Waals surface area contributed by atoms with Crippen molar-refractivity contribution in [3.63, 3.8) is 0 Å². The number of nitrogens with one attached hydrogen (secondary N) is 1. The fraction of sp³-hybridized carbons (Fsp3) is 0.235. The number of rotatable bonds is 8. The molecule has 1 atom stereocenters. The summed E-state index contributed by atoms with van der Waals surface area (Å²) >= 11 is 6.47. The molecule has 250 valence electrons. The zero-order valence-corrected chi connectivity index (χ0v) is 27.1. The predicted molar refractivity (Wildman–Crippen MR) is 179 cm³/mol. The number of anilines is 2. The minimum atomic E-state index is -0.959. The molecule has 49 heavy (non-hydrogen) atoms. The number of hydrogen-bond donors (Lipinski definition) is 3. The minimum Gasteiger partial charge on any atom is -0.480 e. The second-order valence-electron chi connectivity index (χ2n) is 12.1. The molecule has 1 saturated heterocycles. The first kappa shape index (κ1) is 32.0. The van der Waals surface area contributed by atoms with Gasteiger partial charge in [-0.05, 0) is 60.9 Å². The Morgan fingerprint density at radius 3 is 2.59 bits per heavy atom. The lowest BCUT2D eigenvalue weighted by Gasteiger charge is -2.39. The van der Waals surface area contributed by atoms with Crippen LogP contribution in [0.3, 0.4) is 0 Å². The van der Waals surface area contributed by atoms with Crippen molar-refractivity contribution in [1.82, 2.24) is 29.4 Å². The lowest BCUT2D eigenvalue weighted by Crippen LogP contribution is -2.56. The number of aryl methyl sites for hydroxylation is 2. The van der Waals surface area contributed by atoms with Crippen molar-refractivity contribution in [3.05, 3.63) is 106 Å². The van der Waals surface area contributed by atoms with E-state index in [4.69, 9.17) is 17.3 Å². The average molecular weight is 684 g/mol. The number of hydrogen-bond acceptors (Lipinski definition) is 8. The van der Waals surface area contributed by atoms with Gasteiger partial charge in [0.1, 0.15) is 17.7 Å². The lowest BCUT2D eigenvalue weighted by molar-refractivity contribution is -0.143. The van der Waals surface area contributed by atoms with Gasteiger partial charge in [0.05, 0.1) is 28.2 Å². The summed E-state index contributed by atoms with van der Waals surface area (Å²) in [5.74, 6) is -2.09.